The maximum Gasteiger partial charge on any atom is 0.248 e. The molecular formula is C20H17N3O2. The Kier molecular flexibility index (Phi) is 4.04. The van der Waals surface area contributed by atoms with Crippen LogP contribution in [0.2, 0.25) is 0 Å². The molecule has 5 nitrogen and oxygen atoms in total. The van der Waals surface area contributed by atoms with Crippen LogP contribution in [-0.4, -0.2) is 22.1 Å². The Balaban J connectivity index is 1.40. The first-order valence-corrected chi connectivity index (χ1v) is 8.11. The smallest absolute Gasteiger partial charge is 0.248 e. The lowest BCUT2D eigenvalue weighted by molar-refractivity contribution is -0.111. The molecule has 0 saturated heterocycles. The summed E-state index contributed by atoms with van der Waals surface area (Å²) in [4.78, 5) is 16.1. The average Bonchev–Trinajstić information content (AvgIpc) is 3.32. The number of amides is 1. The van der Waals surface area contributed by atoms with E-state index < -0.39 is 0 Å². The van der Waals surface area contributed by atoms with Gasteiger partial charge in [-0.25, -0.2) is 4.98 Å². The number of carbonyl (C=O) groups excluding carboxylic acids is 1. The molecule has 5 heteroatoms. The molecule has 124 valence electrons. The first-order valence-electron chi connectivity index (χ1n) is 8.11. The molecule has 2 heterocycles. The van der Waals surface area contributed by atoms with Crippen LogP contribution in [0.15, 0.2) is 67.3 Å². The molecule has 0 unspecified atom stereocenters. The molecule has 3 aromatic rings. The van der Waals surface area contributed by atoms with Crippen molar-refractivity contribution in [3.8, 4) is 11.4 Å². The highest BCUT2D eigenvalue weighted by atomic mass is 16.5. The Morgan fingerprint density at radius 3 is 2.88 bits per heavy atom. The van der Waals surface area contributed by atoms with E-state index in [0.29, 0.717) is 0 Å². The van der Waals surface area contributed by atoms with Crippen LogP contribution in [-0.2, 0) is 11.2 Å². The number of hydrogen-bond acceptors (Lipinski definition) is 3. The summed E-state index contributed by atoms with van der Waals surface area (Å²) in [5, 5.41) is 2.86. The van der Waals surface area contributed by atoms with Crippen LogP contribution < -0.4 is 10.1 Å². The van der Waals surface area contributed by atoms with Gasteiger partial charge in [0.2, 0.25) is 5.91 Å². The zero-order valence-corrected chi connectivity index (χ0v) is 13.6. The van der Waals surface area contributed by atoms with E-state index in [2.05, 4.69) is 16.4 Å². The summed E-state index contributed by atoms with van der Waals surface area (Å²) >= 11 is 0. The molecule has 1 aromatic heterocycles. The molecule has 1 aliphatic rings. The Hall–Kier alpha value is -3.34. The number of nitrogens with zero attached hydrogens (tertiary/aromatic N) is 2. The minimum absolute atomic E-state index is 0.160. The monoisotopic (exact) mass is 331 g/mol. The minimum atomic E-state index is -0.160. The third-order valence-electron chi connectivity index (χ3n) is 4.08. The number of anilines is 1. The van der Waals surface area contributed by atoms with Gasteiger partial charge in [-0.2, -0.15) is 0 Å². The first kappa shape index (κ1) is 15.2. The third kappa shape index (κ3) is 3.45. The van der Waals surface area contributed by atoms with E-state index in [4.69, 9.17) is 4.74 Å². The van der Waals surface area contributed by atoms with Crippen molar-refractivity contribution in [1.29, 1.82) is 0 Å². The third-order valence-corrected chi connectivity index (χ3v) is 4.08. The van der Waals surface area contributed by atoms with Gasteiger partial charge < -0.3 is 14.6 Å². The highest BCUT2D eigenvalue weighted by molar-refractivity contribution is 6.02. The summed E-state index contributed by atoms with van der Waals surface area (Å²) in [6, 6.07) is 13.6. The number of nitrogens with one attached hydrogen (secondary N) is 1. The van der Waals surface area contributed by atoms with Gasteiger partial charge in [0.25, 0.3) is 0 Å². The van der Waals surface area contributed by atoms with Gasteiger partial charge in [0.1, 0.15) is 5.75 Å². The van der Waals surface area contributed by atoms with Crippen LogP contribution in [0.5, 0.6) is 5.75 Å². The van der Waals surface area contributed by atoms with Crippen molar-refractivity contribution in [3.63, 3.8) is 0 Å². The maximum absolute atomic E-state index is 12.1. The molecular weight excluding hydrogens is 314 g/mol. The van der Waals surface area contributed by atoms with Crippen LogP contribution in [0.3, 0.4) is 0 Å². The molecule has 1 amide bonds. The van der Waals surface area contributed by atoms with Gasteiger partial charge in [-0.15, -0.1) is 0 Å². The second-order valence-electron chi connectivity index (χ2n) is 5.81. The number of rotatable bonds is 4. The standard InChI is InChI=1S/C20H17N3O2/c24-20(8-2-15-1-7-19-16(13-15)9-12-25-19)22-17-3-5-18(6-4-17)23-11-10-21-14-23/h1-8,10-11,13-14H,9,12H2,(H,22,24)/b8-2+. The minimum Gasteiger partial charge on any atom is -0.493 e. The van der Waals surface area contributed by atoms with Gasteiger partial charge in [0.05, 0.1) is 12.9 Å². The normalized spacial score (nSPS) is 12.8. The lowest BCUT2D eigenvalue weighted by atomic mass is 10.1. The quantitative estimate of drug-likeness (QED) is 0.745. The van der Waals surface area contributed by atoms with E-state index in [1.54, 1.807) is 18.6 Å². The zero-order chi connectivity index (χ0) is 17.1. The lowest BCUT2D eigenvalue weighted by Gasteiger charge is -2.05. The van der Waals surface area contributed by atoms with Gasteiger partial charge in [0, 0.05) is 36.3 Å². The van der Waals surface area contributed by atoms with Crippen molar-refractivity contribution >= 4 is 17.7 Å². The largest absolute Gasteiger partial charge is 0.493 e. The van der Waals surface area contributed by atoms with Gasteiger partial charge >= 0.3 is 0 Å². The van der Waals surface area contributed by atoms with E-state index in [1.807, 2.05) is 53.2 Å². The molecule has 25 heavy (non-hydrogen) atoms. The summed E-state index contributed by atoms with van der Waals surface area (Å²) < 4.78 is 7.39. The number of benzene rings is 2. The number of ether oxygens (including phenoxy) is 1. The Labute approximate surface area is 145 Å². The molecule has 0 spiro atoms. The number of imidazole rings is 1. The second kappa shape index (κ2) is 6.65. The Morgan fingerprint density at radius 2 is 2.08 bits per heavy atom. The summed E-state index contributed by atoms with van der Waals surface area (Å²) in [7, 11) is 0. The lowest BCUT2D eigenvalue weighted by Crippen LogP contribution is -2.07. The van der Waals surface area contributed by atoms with Crippen LogP contribution in [0, 0.1) is 0 Å². The van der Waals surface area contributed by atoms with Gasteiger partial charge in [-0.05, 0) is 53.6 Å². The van der Waals surface area contributed by atoms with Crippen molar-refractivity contribution in [2.24, 2.45) is 0 Å². The number of hydrogen-bond donors (Lipinski definition) is 1. The van der Waals surface area contributed by atoms with E-state index in [1.165, 1.54) is 5.56 Å². The predicted octanol–water partition coefficient (Wildman–Crippen LogP) is 3.46. The molecule has 2 aromatic carbocycles. The van der Waals surface area contributed by atoms with Gasteiger partial charge in [0.15, 0.2) is 0 Å². The van der Waals surface area contributed by atoms with E-state index in [-0.39, 0.29) is 5.91 Å². The molecule has 1 N–H and O–H groups in total. The Bertz CT molecular complexity index is 913. The summed E-state index contributed by atoms with van der Waals surface area (Å²) in [6.07, 6.45) is 9.61. The summed E-state index contributed by atoms with van der Waals surface area (Å²) in [6.45, 7) is 0.734. The molecule has 4 rings (SSSR count). The first-order chi connectivity index (χ1) is 12.3. The van der Waals surface area contributed by atoms with Crippen molar-refractivity contribution < 1.29 is 9.53 Å². The summed E-state index contributed by atoms with van der Waals surface area (Å²) in [5.74, 6) is 0.784. The molecule has 0 bridgehead atoms. The van der Waals surface area contributed by atoms with Crippen molar-refractivity contribution in [3.05, 3.63) is 78.4 Å². The van der Waals surface area contributed by atoms with Gasteiger partial charge in [-0.3, -0.25) is 4.79 Å². The van der Waals surface area contributed by atoms with Crippen molar-refractivity contribution in [2.75, 3.05) is 11.9 Å². The number of fused-ring (bicyclic) bond motifs is 1. The SMILES string of the molecule is O=C(/C=C/c1ccc2c(c1)CCO2)Nc1ccc(-n2ccnc2)cc1. The number of carbonyl (C=O) groups is 1. The highest BCUT2D eigenvalue weighted by Gasteiger charge is 2.11. The van der Waals surface area contributed by atoms with Crippen LogP contribution in [0.1, 0.15) is 11.1 Å². The summed E-state index contributed by atoms with van der Waals surface area (Å²) in [5.41, 5.74) is 3.93. The molecule has 0 atom stereocenters. The van der Waals surface area contributed by atoms with Crippen LogP contribution in [0.4, 0.5) is 5.69 Å². The average molecular weight is 331 g/mol. The molecule has 0 saturated carbocycles. The molecule has 1 aliphatic heterocycles. The maximum atomic E-state index is 12.1. The second-order valence-corrected chi connectivity index (χ2v) is 5.81. The van der Waals surface area contributed by atoms with Crippen LogP contribution >= 0.6 is 0 Å². The fourth-order valence-electron chi connectivity index (χ4n) is 2.79. The zero-order valence-electron chi connectivity index (χ0n) is 13.6. The van der Waals surface area contributed by atoms with Crippen molar-refractivity contribution in [1.82, 2.24) is 9.55 Å². The van der Waals surface area contributed by atoms with Crippen LogP contribution in [0.25, 0.3) is 11.8 Å². The van der Waals surface area contributed by atoms with E-state index >= 15 is 0 Å². The fourth-order valence-corrected chi connectivity index (χ4v) is 2.79. The Morgan fingerprint density at radius 1 is 1.20 bits per heavy atom. The topological polar surface area (TPSA) is 56.1 Å². The molecule has 0 aliphatic carbocycles. The molecule has 0 radical (unpaired) electrons. The van der Waals surface area contributed by atoms with E-state index in [0.717, 1.165) is 35.7 Å². The van der Waals surface area contributed by atoms with E-state index in [9.17, 15) is 4.79 Å². The fraction of sp³-hybridized carbons (Fsp3) is 0.100. The van der Waals surface area contributed by atoms with Gasteiger partial charge in [-0.1, -0.05) is 6.07 Å². The predicted molar refractivity (Wildman–Crippen MR) is 96.9 cm³/mol. The highest BCUT2D eigenvalue weighted by Crippen LogP contribution is 2.26. The van der Waals surface area contributed by atoms with Crippen molar-refractivity contribution in [2.45, 2.75) is 6.42 Å². The molecule has 0 fully saturated rings. The number of aromatic nitrogens is 2.